The number of urea groups is 1. The fourth-order valence-electron chi connectivity index (χ4n) is 2.76. The average Bonchev–Trinajstić information content (AvgIpc) is 2.48. The molecule has 2 N–H and O–H groups in total. The molecular formula is C16H22N2O3. The number of nitrogens with zero attached hydrogens (tertiary/aromatic N) is 1. The molecule has 1 aromatic carbocycles. The third-order valence-corrected chi connectivity index (χ3v) is 4.24. The molecule has 0 spiro atoms. The van der Waals surface area contributed by atoms with E-state index in [-0.39, 0.29) is 12.1 Å². The third-order valence-electron chi connectivity index (χ3n) is 4.24. The van der Waals surface area contributed by atoms with Gasteiger partial charge in [-0.25, -0.2) is 9.59 Å². The van der Waals surface area contributed by atoms with E-state index in [0.29, 0.717) is 13.0 Å². The van der Waals surface area contributed by atoms with Crippen molar-refractivity contribution in [3.63, 3.8) is 0 Å². The van der Waals surface area contributed by atoms with E-state index in [9.17, 15) is 14.7 Å². The maximum absolute atomic E-state index is 12.5. The highest BCUT2D eigenvalue weighted by Crippen LogP contribution is 2.28. The summed E-state index contributed by atoms with van der Waals surface area (Å²) in [7, 11) is 0. The van der Waals surface area contributed by atoms with E-state index in [2.05, 4.69) is 5.32 Å². The van der Waals surface area contributed by atoms with Gasteiger partial charge >= 0.3 is 12.0 Å². The Kier molecular flexibility index (Phi) is 4.50. The molecular weight excluding hydrogens is 268 g/mol. The van der Waals surface area contributed by atoms with Gasteiger partial charge in [0, 0.05) is 6.54 Å². The van der Waals surface area contributed by atoms with Gasteiger partial charge in [-0.2, -0.15) is 0 Å². The van der Waals surface area contributed by atoms with E-state index in [1.807, 2.05) is 37.3 Å². The van der Waals surface area contributed by atoms with Gasteiger partial charge in [0.15, 0.2) is 0 Å². The smallest absolute Gasteiger partial charge is 0.329 e. The average molecular weight is 290 g/mol. The van der Waals surface area contributed by atoms with Gasteiger partial charge in [-0.15, -0.1) is 0 Å². The summed E-state index contributed by atoms with van der Waals surface area (Å²) in [6.07, 6.45) is 2.17. The van der Waals surface area contributed by atoms with E-state index in [1.54, 1.807) is 6.92 Å². The Balaban J connectivity index is 2.10. The van der Waals surface area contributed by atoms with Crippen LogP contribution in [0.2, 0.25) is 0 Å². The van der Waals surface area contributed by atoms with Crippen LogP contribution in [0.4, 0.5) is 4.79 Å². The number of hydrogen-bond donors (Lipinski definition) is 2. The number of aliphatic carboxylic acids is 1. The van der Waals surface area contributed by atoms with Crippen molar-refractivity contribution in [3.05, 3.63) is 35.9 Å². The standard InChI is InChI=1S/C16H22N2O3/c1-12(13-8-4-3-5-9-13)17-15(21)18-11-7-6-10-16(18,2)14(19)20/h3-5,8-9,12H,6-7,10-11H2,1-2H3,(H,17,21)(H,19,20). The van der Waals surface area contributed by atoms with Crippen LogP contribution in [-0.4, -0.2) is 34.1 Å². The number of likely N-dealkylation sites (tertiary alicyclic amines) is 1. The zero-order valence-corrected chi connectivity index (χ0v) is 12.5. The van der Waals surface area contributed by atoms with Crippen molar-refractivity contribution >= 4 is 12.0 Å². The van der Waals surface area contributed by atoms with E-state index >= 15 is 0 Å². The van der Waals surface area contributed by atoms with E-state index < -0.39 is 11.5 Å². The molecule has 2 rings (SSSR count). The maximum atomic E-state index is 12.5. The molecule has 1 heterocycles. The van der Waals surface area contributed by atoms with Gasteiger partial charge in [-0.1, -0.05) is 30.3 Å². The van der Waals surface area contributed by atoms with Gasteiger partial charge in [0.25, 0.3) is 0 Å². The number of amides is 2. The number of rotatable bonds is 3. The van der Waals surface area contributed by atoms with Crippen molar-refractivity contribution in [2.75, 3.05) is 6.54 Å². The summed E-state index contributed by atoms with van der Waals surface area (Å²) in [5, 5.41) is 12.3. The third kappa shape index (κ3) is 3.17. The quantitative estimate of drug-likeness (QED) is 0.899. The molecule has 0 aromatic heterocycles. The largest absolute Gasteiger partial charge is 0.480 e. The second kappa shape index (κ2) is 6.16. The highest BCUT2D eigenvalue weighted by atomic mass is 16.4. The van der Waals surface area contributed by atoms with Crippen LogP contribution in [0, 0.1) is 0 Å². The first-order valence-corrected chi connectivity index (χ1v) is 7.31. The molecule has 0 saturated carbocycles. The highest BCUT2D eigenvalue weighted by Gasteiger charge is 2.44. The van der Waals surface area contributed by atoms with Crippen LogP contribution < -0.4 is 5.32 Å². The predicted molar refractivity (Wildman–Crippen MR) is 80.0 cm³/mol. The summed E-state index contributed by atoms with van der Waals surface area (Å²) >= 11 is 0. The van der Waals surface area contributed by atoms with E-state index in [4.69, 9.17) is 0 Å². The summed E-state index contributed by atoms with van der Waals surface area (Å²) in [6.45, 7) is 4.01. The normalized spacial score (nSPS) is 23.4. The lowest BCUT2D eigenvalue weighted by Crippen LogP contribution is -2.60. The molecule has 1 aromatic rings. The molecule has 2 atom stereocenters. The van der Waals surface area contributed by atoms with E-state index in [1.165, 1.54) is 4.90 Å². The van der Waals surface area contributed by atoms with Gasteiger partial charge in [0.05, 0.1) is 6.04 Å². The number of carboxylic acids is 1. The molecule has 2 amide bonds. The second-order valence-corrected chi connectivity index (χ2v) is 5.77. The summed E-state index contributed by atoms with van der Waals surface area (Å²) in [5.74, 6) is -0.940. The van der Waals surface area contributed by atoms with Crippen molar-refractivity contribution in [3.8, 4) is 0 Å². The fourth-order valence-corrected chi connectivity index (χ4v) is 2.76. The van der Waals surface area contributed by atoms with Crippen LogP contribution >= 0.6 is 0 Å². The van der Waals surface area contributed by atoms with Crippen LogP contribution in [0.5, 0.6) is 0 Å². The Bertz CT molecular complexity index is 518. The summed E-state index contributed by atoms with van der Waals surface area (Å²) in [4.78, 5) is 25.4. The minimum absolute atomic E-state index is 0.154. The molecule has 5 heteroatoms. The van der Waals surface area contributed by atoms with Crippen molar-refractivity contribution in [2.24, 2.45) is 0 Å². The lowest BCUT2D eigenvalue weighted by molar-refractivity contribution is -0.150. The number of carboxylic acid groups (broad SMARTS) is 1. The Labute approximate surface area is 125 Å². The topological polar surface area (TPSA) is 69.6 Å². The van der Waals surface area contributed by atoms with Crippen LogP contribution in [0.3, 0.4) is 0 Å². The van der Waals surface area contributed by atoms with Gasteiger partial charge < -0.3 is 15.3 Å². The lowest BCUT2D eigenvalue weighted by Gasteiger charge is -2.41. The molecule has 1 aliphatic heterocycles. The number of carbonyl (C=O) groups is 2. The lowest BCUT2D eigenvalue weighted by atomic mass is 9.89. The van der Waals surface area contributed by atoms with Crippen molar-refractivity contribution in [1.29, 1.82) is 0 Å². The molecule has 0 radical (unpaired) electrons. The first-order valence-electron chi connectivity index (χ1n) is 7.31. The van der Waals surface area contributed by atoms with Crippen LogP contribution in [-0.2, 0) is 4.79 Å². The number of hydrogen-bond acceptors (Lipinski definition) is 2. The van der Waals surface area contributed by atoms with Gasteiger partial charge in [-0.05, 0) is 38.7 Å². The highest BCUT2D eigenvalue weighted by molar-refractivity contribution is 5.86. The Morgan fingerprint density at radius 3 is 2.57 bits per heavy atom. The molecule has 0 bridgehead atoms. The minimum Gasteiger partial charge on any atom is -0.480 e. The first-order chi connectivity index (χ1) is 9.95. The molecule has 21 heavy (non-hydrogen) atoms. The molecule has 1 aliphatic rings. The van der Waals surface area contributed by atoms with Crippen molar-refractivity contribution in [1.82, 2.24) is 10.2 Å². The Morgan fingerprint density at radius 1 is 1.29 bits per heavy atom. The monoisotopic (exact) mass is 290 g/mol. The van der Waals surface area contributed by atoms with Gasteiger partial charge in [-0.3, -0.25) is 0 Å². The summed E-state index contributed by atoms with van der Waals surface area (Å²) in [5.41, 5.74) is -0.112. The molecule has 1 fully saturated rings. The Hall–Kier alpha value is -2.04. The van der Waals surface area contributed by atoms with Crippen LogP contribution in [0.15, 0.2) is 30.3 Å². The van der Waals surface area contributed by atoms with Crippen molar-refractivity contribution in [2.45, 2.75) is 44.7 Å². The minimum atomic E-state index is -1.11. The van der Waals surface area contributed by atoms with Gasteiger partial charge in [0.2, 0.25) is 0 Å². The second-order valence-electron chi connectivity index (χ2n) is 5.77. The van der Waals surface area contributed by atoms with E-state index in [0.717, 1.165) is 18.4 Å². The number of piperidine rings is 1. The number of benzene rings is 1. The SMILES string of the molecule is CC(NC(=O)N1CCCCC1(C)C(=O)O)c1ccccc1. The van der Waals surface area contributed by atoms with Gasteiger partial charge in [0.1, 0.15) is 5.54 Å². The molecule has 5 nitrogen and oxygen atoms in total. The molecule has 2 unspecified atom stereocenters. The number of nitrogens with one attached hydrogen (secondary N) is 1. The Morgan fingerprint density at radius 2 is 1.95 bits per heavy atom. The maximum Gasteiger partial charge on any atom is 0.329 e. The molecule has 114 valence electrons. The molecule has 1 saturated heterocycles. The number of carbonyl (C=O) groups excluding carboxylic acids is 1. The fraction of sp³-hybridized carbons (Fsp3) is 0.500. The zero-order valence-electron chi connectivity index (χ0n) is 12.5. The summed E-state index contributed by atoms with van der Waals surface area (Å²) in [6, 6.07) is 9.18. The van der Waals surface area contributed by atoms with Crippen molar-refractivity contribution < 1.29 is 14.7 Å². The van der Waals surface area contributed by atoms with Crippen LogP contribution in [0.1, 0.15) is 44.7 Å². The zero-order chi connectivity index (χ0) is 15.5. The molecule has 0 aliphatic carbocycles. The summed E-state index contributed by atoms with van der Waals surface area (Å²) < 4.78 is 0. The predicted octanol–water partition coefficient (Wildman–Crippen LogP) is 2.79. The first kappa shape index (κ1) is 15.4. The van der Waals surface area contributed by atoms with Crippen LogP contribution in [0.25, 0.3) is 0 Å².